The predicted molar refractivity (Wildman–Crippen MR) is 69.8 cm³/mol. The monoisotopic (exact) mass is 264 g/mol. The highest BCUT2D eigenvalue weighted by atomic mass is 16.5. The Labute approximate surface area is 114 Å². The predicted octanol–water partition coefficient (Wildman–Crippen LogP) is 2.78. The Balaban J connectivity index is 2.53. The summed E-state index contributed by atoms with van der Waals surface area (Å²) in [5.74, 6) is -0.702. The van der Waals surface area contributed by atoms with Gasteiger partial charge < -0.3 is 9.84 Å². The minimum absolute atomic E-state index is 0.109. The standard InChI is InChI=1S/C15H8N2O3/c16-8-10-1-6-13(15(18)19)14(7-10)11-2-4-12(5-3-11)20-9-17/h1-7H,(H,18,19). The largest absolute Gasteiger partial charge is 0.478 e. The van der Waals surface area contributed by atoms with Gasteiger partial charge in [0.05, 0.1) is 17.2 Å². The van der Waals surface area contributed by atoms with Gasteiger partial charge in [-0.2, -0.15) is 5.26 Å². The third-order valence-electron chi connectivity index (χ3n) is 2.71. The molecule has 0 heterocycles. The van der Waals surface area contributed by atoms with Crippen LogP contribution in [-0.2, 0) is 0 Å². The first-order valence-corrected chi connectivity index (χ1v) is 5.59. The number of nitriles is 2. The van der Waals surface area contributed by atoms with Crippen LogP contribution in [0.15, 0.2) is 42.5 Å². The molecule has 0 bridgehead atoms. The summed E-state index contributed by atoms with van der Waals surface area (Å²) in [7, 11) is 0. The fraction of sp³-hybridized carbons (Fsp3) is 0. The van der Waals surface area contributed by atoms with Gasteiger partial charge in [-0.3, -0.25) is 0 Å². The molecule has 5 heteroatoms. The number of carboxylic acid groups (broad SMARTS) is 1. The number of rotatable bonds is 3. The van der Waals surface area contributed by atoms with Gasteiger partial charge in [-0.05, 0) is 41.5 Å². The molecule has 0 fully saturated rings. The van der Waals surface area contributed by atoms with Crippen LogP contribution >= 0.6 is 0 Å². The maximum Gasteiger partial charge on any atom is 0.336 e. The summed E-state index contributed by atoms with van der Waals surface area (Å²) in [5, 5.41) is 26.5. The van der Waals surface area contributed by atoms with Crippen LogP contribution in [0.4, 0.5) is 0 Å². The van der Waals surface area contributed by atoms with E-state index in [1.165, 1.54) is 18.2 Å². The lowest BCUT2D eigenvalue weighted by Crippen LogP contribution is -2.00. The average molecular weight is 264 g/mol. The van der Waals surface area contributed by atoms with Crippen LogP contribution in [0.2, 0.25) is 0 Å². The molecule has 0 unspecified atom stereocenters. The zero-order valence-electron chi connectivity index (χ0n) is 10.2. The van der Waals surface area contributed by atoms with Gasteiger partial charge in [0.1, 0.15) is 5.75 Å². The normalized spacial score (nSPS) is 9.30. The lowest BCUT2D eigenvalue weighted by atomic mass is 9.97. The van der Waals surface area contributed by atoms with Crippen LogP contribution in [0.25, 0.3) is 11.1 Å². The van der Waals surface area contributed by atoms with Crippen molar-refractivity contribution in [1.29, 1.82) is 10.5 Å². The average Bonchev–Trinajstić information content (AvgIpc) is 2.47. The van der Waals surface area contributed by atoms with Crippen molar-refractivity contribution < 1.29 is 14.6 Å². The Kier molecular flexibility index (Phi) is 3.65. The van der Waals surface area contributed by atoms with Gasteiger partial charge in [0.25, 0.3) is 6.26 Å². The Hall–Kier alpha value is -3.31. The second kappa shape index (κ2) is 5.55. The van der Waals surface area contributed by atoms with Crippen molar-refractivity contribution in [1.82, 2.24) is 0 Å². The topological polar surface area (TPSA) is 94.1 Å². The summed E-state index contributed by atoms with van der Waals surface area (Å²) >= 11 is 0. The van der Waals surface area contributed by atoms with Crippen molar-refractivity contribution in [2.45, 2.75) is 0 Å². The van der Waals surface area contributed by atoms with Crippen LogP contribution in [0.1, 0.15) is 15.9 Å². The van der Waals surface area contributed by atoms with E-state index in [9.17, 15) is 9.90 Å². The van der Waals surface area contributed by atoms with E-state index in [1.807, 2.05) is 6.07 Å². The Bertz CT molecular complexity index is 737. The van der Waals surface area contributed by atoms with E-state index in [1.54, 1.807) is 30.5 Å². The molecule has 20 heavy (non-hydrogen) atoms. The molecule has 0 aromatic heterocycles. The molecule has 0 aliphatic rings. The number of hydrogen-bond donors (Lipinski definition) is 1. The maximum atomic E-state index is 11.2. The fourth-order valence-electron chi connectivity index (χ4n) is 1.79. The van der Waals surface area contributed by atoms with Gasteiger partial charge in [-0.1, -0.05) is 12.1 Å². The summed E-state index contributed by atoms with van der Waals surface area (Å²) in [6, 6.07) is 12.7. The molecule has 5 nitrogen and oxygen atoms in total. The zero-order valence-corrected chi connectivity index (χ0v) is 10.2. The smallest absolute Gasteiger partial charge is 0.336 e. The molecule has 0 saturated carbocycles. The van der Waals surface area contributed by atoms with E-state index < -0.39 is 5.97 Å². The van der Waals surface area contributed by atoms with E-state index in [4.69, 9.17) is 10.5 Å². The first-order chi connectivity index (χ1) is 9.65. The number of aromatic carboxylic acids is 1. The van der Waals surface area contributed by atoms with Crippen molar-refractivity contribution >= 4 is 5.97 Å². The van der Waals surface area contributed by atoms with Gasteiger partial charge in [0.15, 0.2) is 0 Å². The molecule has 0 radical (unpaired) electrons. The van der Waals surface area contributed by atoms with E-state index in [0.717, 1.165) is 0 Å². The summed E-state index contributed by atoms with van der Waals surface area (Å²) < 4.78 is 4.66. The Morgan fingerprint density at radius 3 is 2.35 bits per heavy atom. The quantitative estimate of drug-likeness (QED) is 0.860. The third kappa shape index (κ3) is 2.58. The van der Waals surface area contributed by atoms with Crippen LogP contribution in [0.3, 0.4) is 0 Å². The SMILES string of the molecule is N#COc1ccc(-c2cc(C#N)ccc2C(=O)O)cc1. The van der Waals surface area contributed by atoms with E-state index in [-0.39, 0.29) is 5.56 Å². The molecule has 0 aliphatic heterocycles. The second-order valence-corrected chi connectivity index (χ2v) is 3.90. The fourth-order valence-corrected chi connectivity index (χ4v) is 1.79. The highest BCUT2D eigenvalue weighted by Crippen LogP contribution is 2.27. The Morgan fingerprint density at radius 2 is 1.80 bits per heavy atom. The minimum Gasteiger partial charge on any atom is -0.478 e. The molecule has 0 atom stereocenters. The van der Waals surface area contributed by atoms with Crippen LogP contribution < -0.4 is 4.74 Å². The van der Waals surface area contributed by atoms with Gasteiger partial charge in [0.2, 0.25) is 0 Å². The summed E-state index contributed by atoms with van der Waals surface area (Å²) in [6.45, 7) is 0. The number of carbonyl (C=O) groups is 1. The molecule has 2 aromatic carbocycles. The summed E-state index contributed by atoms with van der Waals surface area (Å²) in [4.78, 5) is 11.2. The van der Waals surface area contributed by atoms with Crippen molar-refractivity contribution in [2.24, 2.45) is 0 Å². The van der Waals surface area contributed by atoms with Gasteiger partial charge in [-0.25, -0.2) is 4.79 Å². The first-order valence-electron chi connectivity index (χ1n) is 5.59. The van der Waals surface area contributed by atoms with Gasteiger partial charge in [-0.15, -0.1) is 5.26 Å². The minimum atomic E-state index is -1.07. The summed E-state index contributed by atoms with van der Waals surface area (Å²) in [5.41, 5.74) is 1.56. The second-order valence-electron chi connectivity index (χ2n) is 3.90. The first kappa shape index (κ1) is 13.1. The van der Waals surface area contributed by atoms with Crippen molar-refractivity contribution in [3.63, 3.8) is 0 Å². The van der Waals surface area contributed by atoms with Crippen molar-refractivity contribution in [3.05, 3.63) is 53.6 Å². The number of nitrogens with zero attached hydrogens (tertiary/aromatic N) is 2. The van der Waals surface area contributed by atoms with E-state index in [0.29, 0.717) is 22.4 Å². The molecule has 0 aliphatic carbocycles. The van der Waals surface area contributed by atoms with Crippen LogP contribution in [0, 0.1) is 22.8 Å². The van der Waals surface area contributed by atoms with Gasteiger partial charge >= 0.3 is 5.97 Å². The Morgan fingerprint density at radius 1 is 1.10 bits per heavy atom. The van der Waals surface area contributed by atoms with Crippen LogP contribution in [0.5, 0.6) is 5.75 Å². The van der Waals surface area contributed by atoms with E-state index in [2.05, 4.69) is 4.74 Å². The maximum absolute atomic E-state index is 11.2. The highest BCUT2D eigenvalue weighted by molar-refractivity contribution is 5.96. The number of ether oxygens (including phenoxy) is 1. The summed E-state index contributed by atoms with van der Waals surface area (Å²) in [6.07, 6.45) is 1.55. The molecule has 1 N–H and O–H groups in total. The molecule has 0 amide bonds. The number of carboxylic acids is 1. The van der Waals surface area contributed by atoms with Crippen molar-refractivity contribution in [2.75, 3.05) is 0 Å². The number of hydrogen-bond acceptors (Lipinski definition) is 4. The molecule has 96 valence electrons. The lowest BCUT2D eigenvalue weighted by Gasteiger charge is -2.07. The van der Waals surface area contributed by atoms with Crippen molar-refractivity contribution in [3.8, 4) is 29.2 Å². The molecule has 0 saturated heterocycles. The van der Waals surface area contributed by atoms with E-state index >= 15 is 0 Å². The third-order valence-corrected chi connectivity index (χ3v) is 2.71. The van der Waals surface area contributed by atoms with Crippen LogP contribution in [-0.4, -0.2) is 11.1 Å². The lowest BCUT2D eigenvalue weighted by molar-refractivity contribution is 0.0697. The molecular weight excluding hydrogens is 256 g/mol. The molecule has 2 aromatic rings. The molecular formula is C15H8N2O3. The molecule has 2 rings (SSSR count). The number of benzene rings is 2. The highest BCUT2D eigenvalue weighted by Gasteiger charge is 2.12. The zero-order chi connectivity index (χ0) is 14.5. The van der Waals surface area contributed by atoms with Gasteiger partial charge in [0, 0.05) is 0 Å². The molecule has 0 spiro atoms.